The van der Waals surface area contributed by atoms with E-state index in [0.29, 0.717) is 23.5 Å². The molecule has 1 unspecified atom stereocenters. The summed E-state index contributed by atoms with van der Waals surface area (Å²) >= 11 is 0. The monoisotopic (exact) mass is 338 g/mol. The van der Waals surface area contributed by atoms with Crippen molar-refractivity contribution < 1.29 is 9.53 Å². The number of carbonyl (C=O) groups excluding carboxylic acids is 1. The van der Waals surface area contributed by atoms with E-state index in [1.807, 2.05) is 13.0 Å². The molecule has 3 aromatic rings. The fourth-order valence-corrected chi connectivity index (χ4v) is 3.00. The summed E-state index contributed by atoms with van der Waals surface area (Å²) in [4.78, 5) is 23.3. The summed E-state index contributed by atoms with van der Waals surface area (Å²) in [5.74, 6) is -0.242. The number of carbonyl (C=O) groups is 1. The first-order valence-corrected chi connectivity index (χ1v) is 8.12. The van der Waals surface area contributed by atoms with Crippen LogP contribution in [0.3, 0.4) is 0 Å². The molecule has 4 heterocycles. The number of morpholine rings is 1. The van der Waals surface area contributed by atoms with Gasteiger partial charge in [0.15, 0.2) is 5.65 Å². The van der Waals surface area contributed by atoms with E-state index in [-0.39, 0.29) is 12.0 Å². The van der Waals surface area contributed by atoms with Crippen LogP contribution < -0.4 is 10.2 Å². The van der Waals surface area contributed by atoms with E-state index >= 15 is 0 Å². The van der Waals surface area contributed by atoms with Crippen molar-refractivity contribution in [2.45, 2.75) is 13.0 Å². The largest absolute Gasteiger partial charge is 0.375 e. The molecule has 0 aliphatic carbocycles. The van der Waals surface area contributed by atoms with Crippen LogP contribution in [0, 0.1) is 0 Å². The van der Waals surface area contributed by atoms with Crippen molar-refractivity contribution >= 4 is 22.9 Å². The predicted octanol–water partition coefficient (Wildman–Crippen LogP) is 1.60. The minimum Gasteiger partial charge on any atom is -0.375 e. The Hall–Kier alpha value is -3.00. The molecule has 0 radical (unpaired) electrons. The number of nitrogens with zero attached hydrogens (tertiary/aromatic N) is 5. The van der Waals surface area contributed by atoms with Crippen LogP contribution in [-0.2, 0) is 4.74 Å². The highest BCUT2D eigenvalue weighted by Gasteiger charge is 2.21. The van der Waals surface area contributed by atoms with E-state index in [1.165, 1.54) is 0 Å². The van der Waals surface area contributed by atoms with Crippen molar-refractivity contribution in [1.82, 2.24) is 19.6 Å². The second-order valence-electron chi connectivity index (χ2n) is 5.91. The van der Waals surface area contributed by atoms with Crippen molar-refractivity contribution in [3.05, 3.63) is 48.7 Å². The number of aromatic nitrogens is 4. The smallest absolute Gasteiger partial charge is 0.259 e. The van der Waals surface area contributed by atoms with Crippen LogP contribution in [-0.4, -0.2) is 51.3 Å². The van der Waals surface area contributed by atoms with Gasteiger partial charge in [0.25, 0.3) is 5.91 Å². The lowest BCUT2D eigenvalue weighted by atomic mass is 10.2. The molecule has 3 aromatic heterocycles. The van der Waals surface area contributed by atoms with Crippen LogP contribution in [0.1, 0.15) is 17.3 Å². The van der Waals surface area contributed by atoms with Gasteiger partial charge in [-0.25, -0.2) is 9.50 Å². The lowest BCUT2D eigenvalue weighted by Gasteiger charge is -2.33. The van der Waals surface area contributed by atoms with Crippen molar-refractivity contribution in [3.8, 4) is 0 Å². The Balaban J connectivity index is 1.63. The Kier molecular flexibility index (Phi) is 4.02. The predicted molar refractivity (Wildman–Crippen MR) is 92.8 cm³/mol. The number of hydrogen-bond donors (Lipinski definition) is 1. The zero-order valence-corrected chi connectivity index (χ0v) is 13.8. The van der Waals surface area contributed by atoms with Crippen LogP contribution in [0.25, 0.3) is 5.65 Å². The van der Waals surface area contributed by atoms with Crippen LogP contribution in [0.4, 0.5) is 11.4 Å². The van der Waals surface area contributed by atoms with Crippen molar-refractivity contribution in [2.24, 2.45) is 0 Å². The highest BCUT2D eigenvalue weighted by Crippen LogP contribution is 2.27. The molecule has 25 heavy (non-hydrogen) atoms. The molecule has 0 saturated carbocycles. The first kappa shape index (κ1) is 15.5. The number of imidazole rings is 1. The molecule has 8 heteroatoms. The summed E-state index contributed by atoms with van der Waals surface area (Å²) < 4.78 is 7.17. The van der Waals surface area contributed by atoms with Gasteiger partial charge in [-0.1, -0.05) is 0 Å². The summed E-state index contributed by atoms with van der Waals surface area (Å²) in [6.45, 7) is 4.25. The number of pyridine rings is 1. The summed E-state index contributed by atoms with van der Waals surface area (Å²) in [6, 6.07) is 3.57. The fraction of sp³-hybridized carbons (Fsp3) is 0.294. The molecule has 1 atom stereocenters. The van der Waals surface area contributed by atoms with Gasteiger partial charge in [0, 0.05) is 37.9 Å². The Bertz CT molecular complexity index is 909. The van der Waals surface area contributed by atoms with Gasteiger partial charge in [0.2, 0.25) is 0 Å². The standard InChI is InChI=1S/C17H18N6O2/c1-12-11-22(8-9-25-12)15-3-4-18-10-14(15)21-17(24)13-2-5-20-23-7-6-19-16(13)23/h2-7,10,12H,8-9,11H2,1H3,(H,21,24). The molecule has 8 nitrogen and oxygen atoms in total. The highest BCUT2D eigenvalue weighted by molar-refractivity contribution is 6.09. The maximum atomic E-state index is 12.8. The molecule has 0 aromatic carbocycles. The number of rotatable bonds is 3. The van der Waals surface area contributed by atoms with Crippen LogP contribution in [0.15, 0.2) is 43.1 Å². The second-order valence-corrected chi connectivity index (χ2v) is 5.91. The molecule has 128 valence electrons. The van der Waals surface area contributed by atoms with Crippen molar-refractivity contribution in [3.63, 3.8) is 0 Å². The van der Waals surface area contributed by atoms with E-state index in [0.717, 1.165) is 18.8 Å². The lowest BCUT2D eigenvalue weighted by molar-refractivity contribution is 0.0533. The van der Waals surface area contributed by atoms with Crippen LogP contribution in [0.5, 0.6) is 0 Å². The second kappa shape index (κ2) is 6.48. The molecular weight excluding hydrogens is 320 g/mol. The molecule has 0 bridgehead atoms. The van der Waals surface area contributed by atoms with Crippen LogP contribution >= 0.6 is 0 Å². The van der Waals surface area contributed by atoms with Gasteiger partial charge in [-0.2, -0.15) is 5.10 Å². The highest BCUT2D eigenvalue weighted by atomic mass is 16.5. The van der Waals surface area contributed by atoms with Gasteiger partial charge in [-0.3, -0.25) is 9.78 Å². The third-order valence-corrected chi connectivity index (χ3v) is 4.17. The Morgan fingerprint density at radius 3 is 3.12 bits per heavy atom. The maximum absolute atomic E-state index is 12.8. The average Bonchev–Trinajstić information content (AvgIpc) is 3.11. The average molecular weight is 338 g/mol. The molecule has 1 aliphatic rings. The fourth-order valence-electron chi connectivity index (χ4n) is 3.00. The van der Waals surface area contributed by atoms with Gasteiger partial charge >= 0.3 is 0 Å². The van der Waals surface area contributed by atoms with Crippen molar-refractivity contribution in [2.75, 3.05) is 29.9 Å². The minimum absolute atomic E-state index is 0.148. The Morgan fingerprint density at radius 1 is 1.32 bits per heavy atom. The van der Waals surface area contributed by atoms with E-state index in [4.69, 9.17) is 4.74 Å². The molecule has 1 aliphatic heterocycles. The van der Waals surface area contributed by atoms with Gasteiger partial charge in [0.05, 0.1) is 35.8 Å². The zero-order valence-electron chi connectivity index (χ0n) is 13.8. The topological polar surface area (TPSA) is 84.7 Å². The van der Waals surface area contributed by atoms with E-state index in [2.05, 4.69) is 25.3 Å². The summed E-state index contributed by atoms with van der Waals surface area (Å²) in [7, 11) is 0. The quantitative estimate of drug-likeness (QED) is 0.781. The van der Waals surface area contributed by atoms with Gasteiger partial charge in [0.1, 0.15) is 0 Å². The maximum Gasteiger partial charge on any atom is 0.259 e. The minimum atomic E-state index is -0.242. The molecule has 1 fully saturated rings. The number of nitrogens with one attached hydrogen (secondary N) is 1. The molecular formula is C17H18N6O2. The third kappa shape index (κ3) is 3.03. The van der Waals surface area contributed by atoms with Gasteiger partial charge in [-0.15, -0.1) is 0 Å². The summed E-state index contributed by atoms with van der Waals surface area (Å²) in [5.41, 5.74) is 2.59. The van der Waals surface area contributed by atoms with Crippen LogP contribution in [0.2, 0.25) is 0 Å². The summed E-state index contributed by atoms with van der Waals surface area (Å²) in [5, 5.41) is 7.09. The Morgan fingerprint density at radius 2 is 2.24 bits per heavy atom. The molecule has 1 amide bonds. The number of fused-ring (bicyclic) bond motifs is 1. The number of anilines is 2. The molecule has 0 spiro atoms. The lowest BCUT2D eigenvalue weighted by Crippen LogP contribution is -2.41. The summed E-state index contributed by atoms with van der Waals surface area (Å²) in [6.07, 6.45) is 8.44. The zero-order chi connectivity index (χ0) is 17.2. The first-order valence-electron chi connectivity index (χ1n) is 8.12. The first-order chi connectivity index (χ1) is 12.2. The van der Waals surface area contributed by atoms with Gasteiger partial charge < -0.3 is 15.0 Å². The van der Waals surface area contributed by atoms with Crippen molar-refractivity contribution in [1.29, 1.82) is 0 Å². The molecule has 4 rings (SSSR count). The third-order valence-electron chi connectivity index (χ3n) is 4.17. The SMILES string of the molecule is CC1CN(c2ccncc2NC(=O)c2ccnn3ccnc23)CCO1. The van der Waals surface area contributed by atoms with E-state index < -0.39 is 0 Å². The Labute approximate surface area is 144 Å². The number of amides is 1. The number of ether oxygens (including phenoxy) is 1. The molecule has 1 N–H and O–H groups in total. The molecule has 1 saturated heterocycles. The number of hydrogen-bond acceptors (Lipinski definition) is 6. The van der Waals surface area contributed by atoms with E-state index in [9.17, 15) is 4.79 Å². The van der Waals surface area contributed by atoms with E-state index in [1.54, 1.807) is 41.6 Å². The van der Waals surface area contributed by atoms with Gasteiger partial charge in [-0.05, 0) is 19.1 Å². The normalized spacial score (nSPS) is 17.6.